The van der Waals surface area contributed by atoms with E-state index in [0.29, 0.717) is 12.1 Å². The number of carbonyl (C=O) groups excluding carboxylic acids is 1. The van der Waals surface area contributed by atoms with Crippen molar-refractivity contribution in [3.05, 3.63) is 90.1 Å². The Balaban J connectivity index is 1.30. The molecular weight excluding hydrogens is 488 g/mol. The summed E-state index contributed by atoms with van der Waals surface area (Å²) in [5.74, 6) is 0.767. The predicted octanol–water partition coefficient (Wildman–Crippen LogP) is 5.20. The number of nitriles is 1. The van der Waals surface area contributed by atoms with Gasteiger partial charge in [0.2, 0.25) is 0 Å². The smallest absolute Gasteiger partial charge is 0.322 e. The van der Waals surface area contributed by atoms with Gasteiger partial charge in [0, 0.05) is 48.5 Å². The summed E-state index contributed by atoms with van der Waals surface area (Å²) in [6, 6.07) is 19.8. The molecule has 198 valence electrons. The number of aromatic nitrogens is 4. The molecule has 0 atom stereocenters. The largest absolute Gasteiger partial charge is 0.367 e. The van der Waals surface area contributed by atoms with Gasteiger partial charge in [0.1, 0.15) is 11.9 Å². The van der Waals surface area contributed by atoms with Gasteiger partial charge in [-0.05, 0) is 74.6 Å². The normalized spacial score (nSPS) is 16.7. The maximum Gasteiger partial charge on any atom is 0.322 e. The molecule has 0 spiro atoms. The van der Waals surface area contributed by atoms with Crippen LogP contribution in [0.2, 0.25) is 0 Å². The minimum absolute atomic E-state index is 0.0617. The summed E-state index contributed by atoms with van der Waals surface area (Å²) in [6.45, 7) is 2.31. The van der Waals surface area contributed by atoms with Crippen LogP contribution in [0.4, 0.5) is 16.3 Å². The van der Waals surface area contributed by atoms with Crippen LogP contribution in [0.5, 0.6) is 0 Å². The summed E-state index contributed by atoms with van der Waals surface area (Å²) in [4.78, 5) is 24.4. The fourth-order valence-corrected chi connectivity index (χ4v) is 5.06. The van der Waals surface area contributed by atoms with Crippen LogP contribution in [0.3, 0.4) is 0 Å². The van der Waals surface area contributed by atoms with Crippen molar-refractivity contribution in [3.63, 3.8) is 0 Å². The van der Waals surface area contributed by atoms with E-state index in [1.54, 1.807) is 16.9 Å². The van der Waals surface area contributed by atoms with Gasteiger partial charge < -0.3 is 10.6 Å². The monoisotopic (exact) mass is 520 g/mol. The number of anilines is 2. The number of carbonyl (C=O) groups is 1. The van der Waals surface area contributed by atoms with Crippen LogP contribution in [0.15, 0.2) is 73.2 Å². The van der Waals surface area contributed by atoms with E-state index in [2.05, 4.69) is 31.8 Å². The highest BCUT2D eigenvalue weighted by molar-refractivity contribution is 5.93. The predicted molar refractivity (Wildman–Crippen MR) is 151 cm³/mol. The van der Waals surface area contributed by atoms with E-state index in [0.717, 1.165) is 59.7 Å². The standard InChI is InChI=1S/C30H32N8O/c1-21-4-3-5-26(35-21)19-33-30(39)38(27-11-7-23(8-12-27)24-18-34-37(2)20-24)28-13-9-25(10-14-28)36-29-15-6-22(16-31)17-32-29/h3-8,11-12,15,17-18,20,25,28H,9-10,13-14,19H2,1-2H3,(H,32,36)(H,33,39)/t25-,28-. The van der Waals surface area contributed by atoms with Crippen LogP contribution in [-0.2, 0) is 13.6 Å². The molecule has 1 aromatic carbocycles. The lowest BCUT2D eigenvalue weighted by atomic mass is 9.89. The Morgan fingerprint density at radius 3 is 2.49 bits per heavy atom. The first-order chi connectivity index (χ1) is 19.0. The molecule has 4 aromatic rings. The van der Waals surface area contributed by atoms with E-state index in [4.69, 9.17) is 5.26 Å². The van der Waals surface area contributed by atoms with Crippen LogP contribution in [-0.4, -0.2) is 37.9 Å². The first kappa shape index (κ1) is 25.9. The summed E-state index contributed by atoms with van der Waals surface area (Å²) in [6.07, 6.45) is 8.92. The zero-order valence-corrected chi connectivity index (χ0v) is 22.2. The van der Waals surface area contributed by atoms with Crippen molar-refractivity contribution in [3.8, 4) is 17.2 Å². The first-order valence-corrected chi connectivity index (χ1v) is 13.2. The highest BCUT2D eigenvalue weighted by Gasteiger charge is 2.30. The number of aryl methyl sites for hydroxylation is 2. The van der Waals surface area contributed by atoms with Crippen molar-refractivity contribution in [2.24, 2.45) is 7.05 Å². The Kier molecular flexibility index (Phi) is 7.83. The third-order valence-corrected chi connectivity index (χ3v) is 7.08. The number of benzene rings is 1. The minimum atomic E-state index is -0.127. The van der Waals surface area contributed by atoms with E-state index in [9.17, 15) is 4.79 Å². The number of nitrogens with zero attached hydrogens (tertiary/aromatic N) is 6. The topological polar surface area (TPSA) is 112 Å². The molecule has 39 heavy (non-hydrogen) atoms. The van der Waals surface area contributed by atoms with E-state index in [1.807, 2.05) is 79.8 Å². The zero-order chi connectivity index (χ0) is 27.2. The molecule has 0 aliphatic heterocycles. The fourth-order valence-electron chi connectivity index (χ4n) is 5.06. The molecular formula is C30H32N8O. The zero-order valence-electron chi connectivity index (χ0n) is 22.2. The quantitative estimate of drug-likeness (QED) is 0.347. The summed E-state index contributed by atoms with van der Waals surface area (Å²) < 4.78 is 1.78. The summed E-state index contributed by atoms with van der Waals surface area (Å²) in [5.41, 5.74) is 5.25. The molecule has 9 nitrogen and oxygen atoms in total. The van der Waals surface area contributed by atoms with E-state index in [1.165, 1.54) is 0 Å². The highest BCUT2D eigenvalue weighted by atomic mass is 16.2. The van der Waals surface area contributed by atoms with Gasteiger partial charge in [-0.2, -0.15) is 10.4 Å². The molecule has 5 rings (SSSR count). The maximum atomic E-state index is 13.6. The van der Waals surface area contributed by atoms with Gasteiger partial charge in [0.25, 0.3) is 0 Å². The van der Waals surface area contributed by atoms with Crippen molar-refractivity contribution >= 4 is 17.5 Å². The lowest BCUT2D eigenvalue weighted by molar-refractivity contribution is 0.240. The Bertz CT molecular complexity index is 1450. The molecule has 0 unspecified atom stereocenters. The molecule has 0 saturated heterocycles. The van der Waals surface area contributed by atoms with Crippen LogP contribution in [0.25, 0.3) is 11.1 Å². The summed E-state index contributed by atoms with van der Waals surface area (Å²) >= 11 is 0. The van der Waals surface area contributed by atoms with Crippen LogP contribution in [0, 0.1) is 18.3 Å². The molecule has 1 aliphatic rings. The molecule has 2 amide bonds. The highest BCUT2D eigenvalue weighted by Crippen LogP contribution is 2.31. The second kappa shape index (κ2) is 11.8. The van der Waals surface area contributed by atoms with E-state index >= 15 is 0 Å². The van der Waals surface area contributed by atoms with Gasteiger partial charge in [-0.15, -0.1) is 0 Å². The number of hydrogen-bond acceptors (Lipinski definition) is 6. The average molecular weight is 521 g/mol. The second-order valence-corrected chi connectivity index (χ2v) is 9.94. The fraction of sp³-hybridized carbons (Fsp3) is 0.300. The third kappa shape index (κ3) is 6.41. The molecule has 3 heterocycles. The van der Waals surface area contributed by atoms with Gasteiger partial charge >= 0.3 is 6.03 Å². The Hall–Kier alpha value is -4.71. The average Bonchev–Trinajstić information content (AvgIpc) is 3.40. The van der Waals surface area contributed by atoms with Crippen LogP contribution in [0.1, 0.15) is 42.6 Å². The Labute approximate surface area is 228 Å². The molecule has 3 aromatic heterocycles. The second-order valence-electron chi connectivity index (χ2n) is 9.94. The Morgan fingerprint density at radius 2 is 1.85 bits per heavy atom. The van der Waals surface area contributed by atoms with E-state index in [-0.39, 0.29) is 18.1 Å². The van der Waals surface area contributed by atoms with Crippen molar-refractivity contribution in [1.29, 1.82) is 5.26 Å². The number of urea groups is 1. The van der Waals surface area contributed by atoms with Gasteiger partial charge in [-0.25, -0.2) is 9.78 Å². The lowest BCUT2D eigenvalue weighted by Gasteiger charge is -2.37. The van der Waals surface area contributed by atoms with Gasteiger partial charge in [0.05, 0.1) is 24.0 Å². The van der Waals surface area contributed by atoms with Gasteiger partial charge in [-0.3, -0.25) is 14.6 Å². The third-order valence-electron chi connectivity index (χ3n) is 7.08. The maximum absolute atomic E-state index is 13.6. The number of nitrogens with one attached hydrogen (secondary N) is 2. The number of hydrogen-bond donors (Lipinski definition) is 2. The van der Waals surface area contributed by atoms with Crippen molar-refractivity contribution in [1.82, 2.24) is 25.1 Å². The number of pyridine rings is 2. The number of rotatable bonds is 7. The van der Waals surface area contributed by atoms with Crippen molar-refractivity contribution < 1.29 is 4.79 Å². The molecule has 1 fully saturated rings. The lowest BCUT2D eigenvalue weighted by Crippen LogP contribution is -2.48. The van der Waals surface area contributed by atoms with Crippen molar-refractivity contribution in [2.45, 2.75) is 51.2 Å². The van der Waals surface area contributed by atoms with E-state index < -0.39 is 0 Å². The molecule has 0 radical (unpaired) electrons. The van der Waals surface area contributed by atoms with Gasteiger partial charge in [0.15, 0.2) is 0 Å². The summed E-state index contributed by atoms with van der Waals surface area (Å²) in [5, 5.41) is 19.8. The molecule has 0 bridgehead atoms. The molecule has 2 N–H and O–H groups in total. The summed E-state index contributed by atoms with van der Waals surface area (Å²) in [7, 11) is 1.90. The first-order valence-electron chi connectivity index (χ1n) is 13.2. The molecule has 1 saturated carbocycles. The SMILES string of the molecule is Cc1cccc(CNC(=O)N(c2ccc(-c3cnn(C)c3)cc2)[C@H]2CC[C@H](Nc3ccc(C#N)cn3)CC2)n1. The number of amides is 2. The van der Waals surface area contributed by atoms with Crippen molar-refractivity contribution in [2.75, 3.05) is 10.2 Å². The van der Waals surface area contributed by atoms with Gasteiger partial charge in [-0.1, -0.05) is 18.2 Å². The molecule has 9 heteroatoms. The van der Waals surface area contributed by atoms with Crippen LogP contribution < -0.4 is 15.5 Å². The Morgan fingerprint density at radius 1 is 1.05 bits per heavy atom. The molecule has 1 aliphatic carbocycles. The van der Waals surface area contributed by atoms with Crippen LogP contribution >= 0.6 is 0 Å². The minimum Gasteiger partial charge on any atom is -0.367 e.